The summed E-state index contributed by atoms with van der Waals surface area (Å²) in [5, 5.41) is 2.92. The summed E-state index contributed by atoms with van der Waals surface area (Å²) in [5.41, 5.74) is 3.50. The molecule has 7 nitrogen and oxygen atoms in total. The zero-order valence-electron chi connectivity index (χ0n) is 17.3. The standard InChI is InChI=1S/C24H21ClN4O3/c25-21-17(2-1-3-18(21)19-8-9-20(30)27-23(19)31)16-6-4-15(5-7-16)14-29-13-12-28-11-10-26-22(28)24(29)32/h1-7,10-11,19H,8-9,12-14H2,(H,27,30,31). The lowest BCUT2D eigenvalue weighted by Gasteiger charge is -2.27. The minimum atomic E-state index is -0.433. The molecule has 0 radical (unpaired) electrons. The topological polar surface area (TPSA) is 84.3 Å². The van der Waals surface area contributed by atoms with E-state index in [0.29, 0.717) is 36.8 Å². The quantitative estimate of drug-likeness (QED) is 0.620. The van der Waals surface area contributed by atoms with Crippen molar-refractivity contribution in [2.75, 3.05) is 6.54 Å². The monoisotopic (exact) mass is 448 g/mol. The van der Waals surface area contributed by atoms with Crippen LogP contribution < -0.4 is 5.32 Å². The molecule has 3 aromatic rings. The molecule has 1 atom stereocenters. The molecule has 2 aliphatic rings. The largest absolute Gasteiger partial charge is 0.330 e. The van der Waals surface area contributed by atoms with Gasteiger partial charge in [0.05, 0.1) is 10.9 Å². The average molecular weight is 449 g/mol. The zero-order valence-corrected chi connectivity index (χ0v) is 18.0. The molecule has 0 saturated carbocycles. The third-order valence-electron chi connectivity index (χ3n) is 6.09. The van der Waals surface area contributed by atoms with Crippen molar-refractivity contribution < 1.29 is 14.4 Å². The summed E-state index contributed by atoms with van der Waals surface area (Å²) >= 11 is 6.70. The Bertz CT molecular complexity index is 1220. The number of nitrogens with zero attached hydrogens (tertiary/aromatic N) is 3. The highest BCUT2D eigenvalue weighted by Crippen LogP contribution is 2.37. The van der Waals surface area contributed by atoms with E-state index in [4.69, 9.17) is 11.6 Å². The summed E-state index contributed by atoms with van der Waals surface area (Å²) in [4.78, 5) is 42.3. The number of imidazole rings is 1. The Balaban J connectivity index is 1.35. The maximum atomic E-state index is 12.6. The Labute approximate surface area is 190 Å². The lowest BCUT2D eigenvalue weighted by molar-refractivity contribution is -0.134. The van der Waals surface area contributed by atoms with Crippen LogP contribution in [0.4, 0.5) is 0 Å². The Morgan fingerprint density at radius 2 is 1.88 bits per heavy atom. The first-order valence-corrected chi connectivity index (χ1v) is 10.9. The lowest BCUT2D eigenvalue weighted by Crippen LogP contribution is -2.39. The molecule has 3 heterocycles. The second-order valence-electron chi connectivity index (χ2n) is 8.08. The summed E-state index contributed by atoms with van der Waals surface area (Å²) < 4.78 is 1.87. The lowest BCUT2D eigenvalue weighted by atomic mass is 9.88. The van der Waals surface area contributed by atoms with Crippen LogP contribution >= 0.6 is 11.6 Å². The van der Waals surface area contributed by atoms with Crippen LogP contribution in [0.5, 0.6) is 0 Å². The van der Waals surface area contributed by atoms with E-state index in [-0.39, 0.29) is 17.7 Å². The number of hydrogen-bond acceptors (Lipinski definition) is 4. The molecule has 0 aliphatic carbocycles. The molecule has 2 aliphatic heterocycles. The van der Waals surface area contributed by atoms with Crippen molar-refractivity contribution in [3.63, 3.8) is 0 Å². The van der Waals surface area contributed by atoms with E-state index >= 15 is 0 Å². The number of nitrogens with one attached hydrogen (secondary N) is 1. The van der Waals surface area contributed by atoms with Crippen LogP contribution in [0, 0.1) is 0 Å². The molecule has 8 heteroatoms. The van der Waals surface area contributed by atoms with Gasteiger partial charge in [-0.15, -0.1) is 0 Å². The predicted molar refractivity (Wildman–Crippen MR) is 119 cm³/mol. The first-order valence-electron chi connectivity index (χ1n) is 10.5. The van der Waals surface area contributed by atoms with E-state index in [0.717, 1.165) is 28.8 Å². The summed E-state index contributed by atoms with van der Waals surface area (Å²) in [7, 11) is 0. The maximum Gasteiger partial charge on any atom is 0.290 e. The van der Waals surface area contributed by atoms with Crippen molar-refractivity contribution in [1.29, 1.82) is 0 Å². The minimum Gasteiger partial charge on any atom is -0.330 e. The van der Waals surface area contributed by atoms with Crippen molar-refractivity contribution in [1.82, 2.24) is 19.8 Å². The van der Waals surface area contributed by atoms with E-state index in [2.05, 4.69) is 10.3 Å². The Morgan fingerprint density at radius 1 is 1.06 bits per heavy atom. The van der Waals surface area contributed by atoms with Crippen molar-refractivity contribution in [2.45, 2.75) is 31.8 Å². The fourth-order valence-electron chi connectivity index (χ4n) is 4.35. The number of piperidine rings is 1. The molecule has 32 heavy (non-hydrogen) atoms. The zero-order chi connectivity index (χ0) is 22.2. The molecule has 3 amide bonds. The Kier molecular flexibility index (Phi) is 5.27. The number of fused-ring (bicyclic) bond motifs is 1. The molecule has 162 valence electrons. The molecule has 5 rings (SSSR count). The summed E-state index contributed by atoms with van der Waals surface area (Å²) in [6, 6.07) is 13.5. The highest BCUT2D eigenvalue weighted by atomic mass is 35.5. The second-order valence-corrected chi connectivity index (χ2v) is 8.46. The number of aromatic nitrogens is 2. The van der Waals surface area contributed by atoms with Crippen LogP contribution in [0.3, 0.4) is 0 Å². The van der Waals surface area contributed by atoms with Gasteiger partial charge in [0.15, 0.2) is 5.82 Å². The van der Waals surface area contributed by atoms with Crippen LogP contribution in [-0.2, 0) is 22.7 Å². The summed E-state index contributed by atoms with van der Waals surface area (Å²) in [5.74, 6) is -0.569. The van der Waals surface area contributed by atoms with E-state index in [1.165, 1.54) is 0 Å². The number of rotatable bonds is 4. The molecule has 1 fully saturated rings. The summed E-state index contributed by atoms with van der Waals surface area (Å²) in [6.45, 7) is 1.89. The molecule has 2 aromatic carbocycles. The number of hydrogen-bond donors (Lipinski definition) is 1. The van der Waals surface area contributed by atoms with Gasteiger partial charge in [0.2, 0.25) is 11.8 Å². The van der Waals surface area contributed by atoms with Crippen LogP contribution in [0.2, 0.25) is 5.02 Å². The first kappa shape index (κ1) is 20.5. The minimum absolute atomic E-state index is 0.0645. The maximum absolute atomic E-state index is 12.6. The second kappa shape index (κ2) is 8.24. The van der Waals surface area contributed by atoms with Gasteiger partial charge in [0.1, 0.15) is 0 Å². The van der Waals surface area contributed by atoms with Crippen LogP contribution in [-0.4, -0.2) is 38.7 Å². The smallest absolute Gasteiger partial charge is 0.290 e. The molecular formula is C24H21ClN4O3. The third kappa shape index (κ3) is 3.69. The van der Waals surface area contributed by atoms with Gasteiger partial charge in [0, 0.05) is 44.0 Å². The molecule has 0 bridgehead atoms. The Hall–Kier alpha value is -3.45. The van der Waals surface area contributed by atoms with Gasteiger partial charge in [-0.25, -0.2) is 4.98 Å². The number of amides is 3. The number of imide groups is 1. The van der Waals surface area contributed by atoms with Gasteiger partial charge in [-0.2, -0.15) is 0 Å². The number of carbonyl (C=O) groups is 3. The van der Waals surface area contributed by atoms with Crippen molar-refractivity contribution >= 4 is 29.3 Å². The van der Waals surface area contributed by atoms with E-state index in [9.17, 15) is 14.4 Å². The normalized spacial score (nSPS) is 18.5. The van der Waals surface area contributed by atoms with Gasteiger partial charge in [-0.05, 0) is 23.1 Å². The first-order chi connectivity index (χ1) is 15.5. The third-order valence-corrected chi connectivity index (χ3v) is 6.51. The molecule has 1 aromatic heterocycles. The van der Waals surface area contributed by atoms with Gasteiger partial charge < -0.3 is 9.47 Å². The van der Waals surface area contributed by atoms with Crippen molar-refractivity contribution in [2.24, 2.45) is 0 Å². The van der Waals surface area contributed by atoms with E-state index < -0.39 is 5.92 Å². The van der Waals surface area contributed by atoms with Crippen molar-refractivity contribution in [3.8, 4) is 11.1 Å². The fraction of sp³-hybridized carbons (Fsp3) is 0.250. The molecule has 0 spiro atoms. The van der Waals surface area contributed by atoms with Gasteiger partial charge in [-0.1, -0.05) is 54.1 Å². The SMILES string of the molecule is O=C1CCC(c2cccc(-c3ccc(CN4CCn5ccnc5C4=O)cc3)c2Cl)C(=O)N1. The van der Waals surface area contributed by atoms with Crippen LogP contribution in [0.1, 0.15) is 40.5 Å². The molecule has 1 unspecified atom stereocenters. The fourth-order valence-corrected chi connectivity index (χ4v) is 4.72. The van der Waals surface area contributed by atoms with Gasteiger partial charge in [-0.3, -0.25) is 19.7 Å². The highest BCUT2D eigenvalue weighted by molar-refractivity contribution is 6.34. The molecular weight excluding hydrogens is 428 g/mol. The predicted octanol–water partition coefficient (Wildman–Crippen LogP) is 3.38. The summed E-state index contributed by atoms with van der Waals surface area (Å²) in [6.07, 6.45) is 4.24. The van der Waals surface area contributed by atoms with E-state index in [1.807, 2.05) is 53.2 Å². The number of carbonyl (C=O) groups excluding carboxylic acids is 3. The van der Waals surface area contributed by atoms with Gasteiger partial charge in [0.25, 0.3) is 5.91 Å². The molecule has 1 N–H and O–H groups in total. The highest BCUT2D eigenvalue weighted by Gasteiger charge is 2.30. The van der Waals surface area contributed by atoms with Crippen LogP contribution in [0.15, 0.2) is 54.9 Å². The van der Waals surface area contributed by atoms with E-state index in [1.54, 1.807) is 11.1 Å². The Morgan fingerprint density at radius 3 is 2.66 bits per heavy atom. The number of halogens is 1. The van der Waals surface area contributed by atoms with Crippen molar-refractivity contribution in [3.05, 3.63) is 76.8 Å². The number of benzene rings is 2. The van der Waals surface area contributed by atoms with Gasteiger partial charge >= 0.3 is 0 Å². The van der Waals surface area contributed by atoms with Crippen LogP contribution in [0.25, 0.3) is 11.1 Å². The average Bonchev–Trinajstić information content (AvgIpc) is 3.27. The molecule has 1 saturated heterocycles.